The van der Waals surface area contributed by atoms with Crippen LogP contribution in [0.2, 0.25) is 0 Å². The van der Waals surface area contributed by atoms with Crippen molar-refractivity contribution < 1.29 is 13.2 Å². The van der Waals surface area contributed by atoms with Gasteiger partial charge in [0.05, 0.1) is 10.5 Å². The third-order valence-electron chi connectivity index (χ3n) is 2.80. The molecular formula is C13H14N2O3S. The lowest BCUT2D eigenvalue weighted by atomic mass is 10.1. The third kappa shape index (κ3) is 2.73. The van der Waals surface area contributed by atoms with Gasteiger partial charge in [-0.05, 0) is 19.1 Å². The smallest absolute Gasteiger partial charge is 0.175 e. The standard InChI is InChI=1S/C13H14N2O3S/c1-3-15-8-11(9-16)13(14-15)10-4-6-12(7-5-10)19(2,17)18/h4-9H,3H2,1-2H3. The molecule has 0 aliphatic heterocycles. The van der Waals surface area contributed by atoms with Crippen molar-refractivity contribution in [2.24, 2.45) is 0 Å². The van der Waals surface area contributed by atoms with E-state index < -0.39 is 9.84 Å². The number of aromatic nitrogens is 2. The zero-order valence-electron chi connectivity index (χ0n) is 10.7. The summed E-state index contributed by atoms with van der Waals surface area (Å²) in [5, 5.41) is 4.30. The summed E-state index contributed by atoms with van der Waals surface area (Å²) in [6.45, 7) is 2.60. The predicted molar refractivity (Wildman–Crippen MR) is 71.8 cm³/mol. The van der Waals surface area contributed by atoms with Crippen molar-refractivity contribution in [1.82, 2.24) is 9.78 Å². The van der Waals surface area contributed by atoms with Crippen LogP contribution in [-0.2, 0) is 16.4 Å². The average molecular weight is 278 g/mol. The number of sulfone groups is 1. The van der Waals surface area contributed by atoms with E-state index in [0.29, 0.717) is 17.8 Å². The zero-order chi connectivity index (χ0) is 14.0. The van der Waals surface area contributed by atoms with Gasteiger partial charge in [-0.15, -0.1) is 0 Å². The Kier molecular flexibility index (Phi) is 3.53. The lowest BCUT2D eigenvalue weighted by Gasteiger charge is -2.01. The molecule has 6 heteroatoms. The lowest BCUT2D eigenvalue weighted by molar-refractivity contribution is 0.112. The maximum absolute atomic E-state index is 11.4. The number of nitrogens with zero attached hydrogens (tertiary/aromatic N) is 2. The number of benzene rings is 1. The summed E-state index contributed by atoms with van der Waals surface area (Å²) < 4.78 is 24.4. The highest BCUT2D eigenvalue weighted by Crippen LogP contribution is 2.22. The van der Waals surface area contributed by atoms with E-state index in [1.807, 2.05) is 6.92 Å². The highest BCUT2D eigenvalue weighted by molar-refractivity contribution is 7.90. The van der Waals surface area contributed by atoms with Crippen LogP contribution in [-0.4, -0.2) is 30.7 Å². The number of aldehydes is 1. The van der Waals surface area contributed by atoms with Crippen molar-refractivity contribution in [2.75, 3.05) is 6.26 Å². The van der Waals surface area contributed by atoms with Gasteiger partial charge >= 0.3 is 0 Å². The topological polar surface area (TPSA) is 69.0 Å². The molecule has 2 aromatic rings. The molecule has 2 rings (SSSR count). The van der Waals surface area contributed by atoms with Crippen molar-refractivity contribution in [3.8, 4) is 11.3 Å². The van der Waals surface area contributed by atoms with Gasteiger partial charge in [-0.2, -0.15) is 5.10 Å². The summed E-state index contributed by atoms with van der Waals surface area (Å²) in [7, 11) is -3.21. The summed E-state index contributed by atoms with van der Waals surface area (Å²) in [6.07, 6.45) is 3.58. The average Bonchev–Trinajstić information content (AvgIpc) is 2.81. The minimum atomic E-state index is -3.21. The van der Waals surface area contributed by atoms with Gasteiger partial charge in [0.1, 0.15) is 5.69 Å². The van der Waals surface area contributed by atoms with E-state index in [4.69, 9.17) is 0 Å². The molecule has 0 atom stereocenters. The fraction of sp³-hybridized carbons (Fsp3) is 0.231. The van der Waals surface area contributed by atoms with E-state index in [9.17, 15) is 13.2 Å². The quantitative estimate of drug-likeness (QED) is 0.799. The van der Waals surface area contributed by atoms with Crippen LogP contribution >= 0.6 is 0 Å². The van der Waals surface area contributed by atoms with Gasteiger partial charge < -0.3 is 0 Å². The molecule has 19 heavy (non-hydrogen) atoms. The molecule has 1 heterocycles. The predicted octanol–water partition coefficient (Wildman–Crippen LogP) is 1.79. The van der Waals surface area contributed by atoms with E-state index in [1.165, 1.54) is 12.1 Å². The van der Waals surface area contributed by atoms with Crippen LogP contribution in [0.3, 0.4) is 0 Å². The first-order chi connectivity index (χ1) is 8.95. The van der Waals surface area contributed by atoms with Crippen LogP contribution < -0.4 is 0 Å². The van der Waals surface area contributed by atoms with Crippen molar-refractivity contribution >= 4 is 16.1 Å². The summed E-state index contributed by atoms with van der Waals surface area (Å²) in [6, 6.07) is 6.35. The largest absolute Gasteiger partial charge is 0.298 e. The van der Waals surface area contributed by atoms with E-state index in [-0.39, 0.29) is 4.90 Å². The van der Waals surface area contributed by atoms with Crippen LogP contribution in [0.15, 0.2) is 35.4 Å². The molecule has 0 saturated carbocycles. The Morgan fingerprint density at radius 3 is 2.37 bits per heavy atom. The van der Waals surface area contributed by atoms with Crippen LogP contribution in [0.5, 0.6) is 0 Å². The Morgan fingerprint density at radius 2 is 1.89 bits per heavy atom. The number of rotatable bonds is 4. The summed E-state index contributed by atoms with van der Waals surface area (Å²) in [5.41, 5.74) is 1.78. The molecule has 0 aliphatic carbocycles. The fourth-order valence-electron chi connectivity index (χ4n) is 1.77. The number of hydrogen-bond donors (Lipinski definition) is 0. The number of hydrogen-bond acceptors (Lipinski definition) is 4. The highest BCUT2D eigenvalue weighted by atomic mass is 32.2. The second-order valence-corrected chi connectivity index (χ2v) is 6.22. The molecule has 1 aromatic carbocycles. The molecule has 0 saturated heterocycles. The van der Waals surface area contributed by atoms with Crippen molar-refractivity contribution in [3.05, 3.63) is 36.0 Å². The van der Waals surface area contributed by atoms with Gasteiger partial charge in [0.2, 0.25) is 0 Å². The minimum absolute atomic E-state index is 0.249. The van der Waals surface area contributed by atoms with Gasteiger partial charge in [0, 0.05) is 24.6 Å². The third-order valence-corrected chi connectivity index (χ3v) is 3.93. The first kappa shape index (κ1) is 13.5. The molecule has 0 spiro atoms. The Morgan fingerprint density at radius 1 is 1.26 bits per heavy atom. The molecule has 0 fully saturated rings. The normalized spacial score (nSPS) is 11.5. The van der Waals surface area contributed by atoms with Crippen LogP contribution in [0, 0.1) is 0 Å². The zero-order valence-corrected chi connectivity index (χ0v) is 11.5. The summed E-state index contributed by atoms with van der Waals surface area (Å²) in [5.74, 6) is 0. The number of aryl methyl sites for hydroxylation is 1. The Bertz CT molecular complexity index is 700. The lowest BCUT2D eigenvalue weighted by Crippen LogP contribution is -1.97. The van der Waals surface area contributed by atoms with Gasteiger partial charge in [-0.3, -0.25) is 9.48 Å². The molecule has 1 aromatic heterocycles. The maximum atomic E-state index is 11.4. The van der Waals surface area contributed by atoms with Gasteiger partial charge in [0.15, 0.2) is 16.1 Å². The fourth-order valence-corrected chi connectivity index (χ4v) is 2.40. The van der Waals surface area contributed by atoms with Crippen molar-refractivity contribution in [1.29, 1.82) is 0 Å². The SMILES string of the molecule is CCn1cc(C=O)c(-c2ccc(S(C)(=O)=O)cc2)n1. The highest BCUT2D eigenvalue weighted by Gasteiger charge is 2.12. The maximum Gasteiger partial charge on any atom is 0.175 e. The van der Waals surface area contributed by atoms with Crippen molar-refractivity contribution in [2.45, 2.75) is 18.4 Å². The van der Waals surface area contributed by atoms with Gasteiger partial charge in [0.25, 0.3) is 0 Å². The Hall–Kier alpha value is -1.95. The monoisotopic (exact) mass is 278 g/mol. The van der Waals surface area contributed by atoms with E-state index >= 15 is 0 Å². The molecule has 0 unspecified atom stereocenters. The number of carbonyl (C=O) groups is 1. The van der Waals surface area contributed by atoms with Crippen LogP contribution in [0.1, 0.15) is 17.3 Å². The molecular weight excluding hydrogens is 264 g/mol. The molecule has 0 radical (unpaired) electrons. The van der Waals surface area contributed by atoms with E-state index in [0.717, 1.165) is 18.1 Å². The molecule has 0 aliphatic rings. The van der Waals surface area contributed by atoms with Gasteiger partial charge in [-0.1, -0.05) is 12.1 Å². The first-order valence-corrected chi connectivity index (χ1v) is 7.68. The Labute approximate surface area is 111 Å². The second kappa shape index (κ2) is 4.97. The molecule has 0 N–H and O–H groups in total. The van der Waals surface area contributed by atoms with Crippen LogP contribution in [0.25, 0.3) is 11.3 Å². The van der Waals surface area contributed by atoms with E-state index in [2.05, 4.69) is 5.10 Å². The van der Waals surface area contributed by atoms with Gasteiger partial charge in [-0.25, -0.2) is 8.42 Å². The van der Waals surface area contributed by atoms with Crippen molar-refractivity contribution in [3.63, 3.8) is 0 Å². The number of carbonyl (C=O) groups excluding carboxylic acids is 1. The van der Waals surface area contributed by atoms with E-state index in [1.54, 1.807) is 23.0 Å². The molecule has 0 bridgehead atoms. The Balaban J connectivity index is 2.48. The second-order valence-electron chi connectivity index (χ2n) is 4.20. The molecule has 5 nitrogen and oxygen atoms in total. The molecule has 0 amide bonds. The van der Waals surface area contributed by atoms with Crippen LogP contribution in [0.4, 0.5) is 0 Å². The summed E-state index contributed by atoms with van der Waals surface area (Å²) in [4.78, 5) is 11.3. The summed E-state index contributed by atoms with van der Waals surface area (Å²) >= 11 is 0. The minimum Gasteiger partial charge on any atom is -0.298 e. The first-order valence-electron chi connectivity index (χ1n) is 5.79. The molecule has 100 valence electrons.